The second-order valence-electron chi connectivity index (χ2n) is 6.23. The van der Waals surface area contributed by atoms with Crippen LogP contribution < -0.4 is 20.7 Å². The van der Waals surface area contributed by atoms with E-state index in [1.54, 1.807) is 42.5 Å². The van der Waals surface area contributed by atoms with E-state index in [0.29, 0.717) is 23.6 Å². The Kier molecular flexibility index (Phi) is 7.43. The maximum absolute atomic E-state index is 12.1. The zero-order valence-corrected chi connectivity index (χ0v) is 15.6. The van der Waals surface area contributed by atoms with Gasteiger partial charge in [0, 0.05) is 29.0 Å². The molecule has 0 saturated heterocycles. The van der Waals surface area contributed by atoms with Crippen molar-refractivity contribution in [3.8, 4) is 5.75 Å². The summed E-state index contributed by atoms with van der Waals surface area (Å²) in [5.74, 6) is 0.362. The molecule has 6 heteroatoms. The van der Waals surface area contributed by atoms with Crippen molar-refractivity contribution in [1.29, 1.82) is 0 Å². The van der Waals surface area contributed by atoms with Crippen molar-refractivity contribution in [2.75, 3.05) is 23.8 Å². The number of rotatable bonds is 9. The number of anilines is 2. The molecule has 2 amide bonds. The van der Waals surface area contributed by atoms with E-state index in [-0.39, 0.29) is 24.4 Å². The van der Waals surface area contributed by atoms with Crippen molar-refractivity contribution in [1.82, 2.24) is 5.32 Å². The van der Waals surface area contributed by atoms with E-state index in [1.807, 2.05) is 26.0 Å². The maximum atomic E-state index is 12.1. The van der Waals surface area contributed by atoms with Gasteiger partial charge in [-0.15, -0.1) is 0 Å². The number of amides is 2. The fourth-order valence-electron chi connectivity index (χ4n) is 2.29. The van der Waals surface area contributed by atoms with E-state index in [9.17, 15) is 9.59 Å². The van der Waals surface area contributed by atoms with E-state index >= 15 is 0 Å². The Morgan fingerprint density at radius 3 is 2.52 bits per heavy atom. The first-order valence-corrected chi connectivity index (χ1v) is 8.76. The summed E-state index contributed by atoms with van der Waals surface area (Å²) in [6, 6.07) is 14.2. The Balaban J connectivity index is 1.85. The van der Waals surface area contributed by atoms with Gasteiger partial charge < -0.3 is 20.7 Å². The molecule has 0 aliphatic rings. The second-order valence-corrected chi connectivity index (χ2v) is 6.23. The van der Waals surface area contributed by atoms with Crippen LogP contribution in [-0.4, -0.2) is 31.0 Å². The van der Waals surface area contributed by atoms with Crippen molar-refractivity contribution in [3.05, 3.63) is 66.7 Å². The molecule has 2 aromatic carbocycles. The fraction of sp³-hybridized carbons (Fsp3) is 0.238. The fourth-order valence-corrected chi connectivity index (χ4v) is 2.29. The average molecular weight is 367 g/mol. The molecule has 0 aliphatic heterocycles. The normalized spacial score (nSPS) is 10.2. The lowest BCUT2D eigenvalue weighted by Crippen LogP contribution is -2.30. The minimum absolute atomic E-state index is 0.0830. The molecule has 0 aromatic heterocycles. The Bertz CT molecular complexity index is 786. The van der Waals surface area contributed by atoms with Crippen molar-refractivity contribution in [2.45, 2.75) is 19.9 Å². The van der Waals surface area contributed by atoms with Gasteiger partial charge in [-0.25, -0.2) is 0 Å². The largest absolute Gasteiger partial charge is 0.489 e. The molecule has 3 N–H and O–H groups in total. The molecule has 27 heavy (non-hydrogen) atoms. The van der Waals surface area contributed by atoms with E-state index < -0.39 is 0 Å². The molecule has 0 fully saturated rings. The van der Waals surface area contributed by atoms with Crippen molar-refractivity contribution < 1.29 is 14.3 Å². The van der Waals surface area contributed by atoms with Gasteiger partial charge in [0.2, 0.25) is 5.91 Å². The molecule has 0 heterocycles. The molecular weight excluding hydrogens is 342 g/mol. The van der Waals surface area contributed by atoms with Crippen LogP contribution in [0.15, 0.2) is 61.2 Å². The van der Waals surface area contributed by atoms with Crippen molar-refractivity contribution in [2.24, 2.45) is 0 Å². The van der Waals surface area contributed by atoms with Crippen LogP contribution in [0.25, 0.3) is 0 Å². The van der Waals surface area contributed by atoms with Gasteiger partial charge in [-0.2, -0.15) is 0 Å². The molecule has 0 aliphatic carbocycles. The van der Waals surface area contributed by atoms with Gasteiger partial charge in [0.05, 0.1) is 6.54 Å². The van der Waals surface area contributed by atoms with E-state index in [2.05, 4.69) is 22.5 Å². The van der Waals surface area contributed by atoms with Crippen LogP contribution >= 0.6 is 0 Å². The highest BCUT2D eigenvalue weighted by Gasteiger charge is 2.07. The third kappa shape index (κ3) is 6.86. The number of hydrogen-bond acceptors (Lipinski definition) is 4. The Labute approximate surface area is 159 Å². The van der Waals surface area contributed by atoms with Crippen LogP contribution in [0.1, 0.15) is 24.2 Å². The summed E-state index contributed by atoms with van der Waals surface area (Å²) in [7, 11) is 0. The number of ether oxygens (including phenoxy) is 1. The summed E-state index contributed by atoms with van der Waals surface area (Å²) in [4.78, 5) is 24.0. The average Bonchev–Trinajstić information content (AvgIpc) is 2.65. The minimum atomic E-state index is -0.183. The zero-order chi connectivity index (χ0) is 19.6. The number of carbonyl (C=O) groups is 2. The molecule has 2 rings (SSSR count). The van der Waals surface area contributed by atoms with Gasteiger partial charge in [-0.05, 0) is 50.2 Å². The second kappa shape index (κ2) is 10.0. The molecule has 0 bridgehead atoms. The summed E-state index contributed by atoms with van der Waals surface area (Å²) in [6.07, 6.45) is 1.66. The summed E-state index contributed by atoms with van der Waals surface area (Å²) in [6.45, 7) is 7.94. The first-order valence-electron chi connectivity index (χ1n) is 8.76. The number of hydrogen-bond donors (Lipinski definition) is 3. The molecule has 2 aromatic rings. The lowest BCUT2D eigenvalue weighted by Gasteiger charge is -2.11. The topological polar surface area (TPSA) is 79.5 Å². The van der Waals surface area contributed by atoms with Crippen LogP contribution in [0.3, 0.4) is 0 Å². The predicted molar refractivity (Wildman–Crippen MR) is 108 cm³/mol. The van der Waals surface area contributed by atoms with Crippen LogP contribution in [-0.2, 0) is 4.79 Å². The highest BCUT2D eigenvalue weighted by molar-refractivity contribution is 5.95. The predicted octanol–water partition coefficient (Wildman–Crippen LogP) is 3.44. The lowest BCUT2D eigenvalue weighted by molar-refractivity contribution is -0.114. The zero-order valence-electron chi connectivity index (χ0n) is 15.6. The maximum Gasteiger partial charge on any atom is 0.251 e. The van der Waals surface area contributed by atoms with Gasteiger partial charge in [0.1, 0.15) is 12.4 Å². The number of benzene rings is 2. The van der Waals surface area contributed by atoms with Gasteiger partial charge >= 0.3 is 0 Å². The number of nitrogens with one attached hydrogen (secondary N) is 3. The SMILES string of the molecule is C=CCOc1cccc(NC(=O)CNc2ccc(C(=O)NC(C)C)cc2)c1. The van der Waals surface area contributed by atoms with Gasteiger partial charge in [0.15, 0.2) is 0 Å². The Morgan fingerprint density at radius 2 is 1.85 bits per heavy atom. The summed E-state index contributed by atoms with van der Waals surface area (Å²) in [5, 5.41) is 8.68. The Morgan fingerprint density at radius 1 is 1.11 bits per heavy atom. The molecule has 0 spiro atoms. The third-order valence-corrected chi connectivity index (χ3v) is 3.51. The van der Waals surface area contributed by atoms with Crippen LogP contribution in [0.4, 0.5) is 11.4 Å². The molecule has 0 unspecified atom stereocenters. The van der Waals surface area contributed by atoms with E-state index in [0.717, 1.165) is 5.69 Å². The lowest BCUT2D eigenvalue weighted by atomic mass is 10.2. The van der Waals surface area contributed by atoms with Gasteiger partial charge in [0.25, 0.3) is 5.91 Å². The monoisotopic (exact) mass is 367 g/mol. The molecule has 142 valence electrons. The first kappa shape index (κ1) is 20.0. The van der Waals surface area contributed by atoms with Crippen LogP contribution in [0.2, 0.25) is 0 Å². The third-order valence-electron chi connectivity index (χ3n) is 3.51. The van der Waals surface area contributed by atoms with E-state index in [4.69, 9.17) is 4.74 Å². The van der Waals surface area contributed by atoms with Crippen LogP contribution in [0, 0.1) is 0 Å². The standard InChI is InChI=1S/C21H25N3O3/c1-4-12-27-19-7-5-6-18(13-19)24-20(25)14-22-17-10-8-16(9-11-17)21(26)23-15(2)3/h4-11,13,15,22H,1,12,14H2,2-3H3,(H,23,26)(H,24,25). The quantitative estimate of drug-likeness (QED) is 0.593. The molecule has 6 nitrogen and oxygen atoms in total. The molecule has 0 radical (unpaired) electrons. The molecule has 0 atom stereocenters. The highest BCUT2D eigenvalue weighted by Crippen LogP contribution is 2.17. The smallest absolute Gasteiger partial charge is 0.251 e. The van der Waals surface area contributed by atoms with Crippen LogP contribution in [0.5, 0.6) is 5.75 Å². The highest BCUT2D eigenvalue weighted by atomic mass is 16.5. The van der Waals surface area contributed by atoms with E-state index in [1.165, 1.54) is 0 Å². The molecular formula is C21H25N3O3. The Hall–Kier alpha value is -3.28. The summed E-state index contributed by atoms with van der Waals surface area (Å²) >= 11 is 0. The summed E-state index contributed by atoms with van der Waals surface area (Å²) in [5.41, 5.74) is 1.99. The number of carbonyl (C=O) groups excluding carboxylic acids is 2. The van der Waals surface area contributed by atoms with Crippen molar-refractivity contribution in [3.63, 3.8) is 0 Å². The van der Waals surface area contributed by atoms with Crippen molar-refractivity contribution >= 4 is 23.2 Å². The summed E-state index contributed by atoms with van der Waals surface area (Å²) < 4.78 is 5.44. The minimum Gasteiger partial charge on any atom is -0.489 e. The van der Waals surface area contributed by atoms with Gasteiger partial charge in [-0.3, -0.25) is 9.59 Å². The molecule has 0 saturated carbocycles. The van der Waals surface area contributed by atoms with Gasteiger partial charge in [-0.1, -0.05) is 18.7 Å². The first-order chi connectivity index (χ1) is 13.0.